The van der Waals surface area contributed by atoms with Gasteiger partial charge in [0.25, 0.3) is 0 Å². The van der Waals surface area contributed by atoms with Crippen molar-refractivity contribution in [2.45, 2.75) is 66.7 Å². The number of hydrogen-bond acceptors (Lipinski definition) is 2. The molecule has 0 bridgehead atoms. The molecule has 2 aromatic rings. The van der Waals surface area contributed by atoms with Crippen molar-refractivity contribution in [3.63, 3.8) is 0 Å². The minimum Gasteiger partial charge on any atom is -0.507 e. The van der Waals surface area contributed by atoms with Gasteiger partial charge in [-0.2, -0.15) is 0 Å². The summed E-state index contributed by atoms with van der Waals surface area (Å²) in [6, 6.07) is 8.66. The molecule has 2 N–H and O–H groups in total. The number of phenols is 2. The normalized spacial score (nSPS) is 21.1. The Balaban J connectivity index is 2.33. The Hall–Kier alpha value is -1.96. The Morgan fingerprint density at radius 3 is 1.38 bits per heavy atom. The summed E-state index contributed by atoms with van der Waals surface area (Å²) in [5, 5.41) is 20.6. The van der Waals surface area contributed by atoms with E-state index in [1.807, 2.05) is 27.7 Å². The molecule has 1 fully saturated rings. The molecule has 1 saturated carbocycles. The third-order valence-corrected chi connectivity index (χ3v) is 6.47. The molecular weight excluding hydrogens is 320 g/mol. The van der Waals surface area contributed by atoms with Crippen molar-refractivity contribution in [2.24, 2.45) is 11.3 Å². The molecule has 26 heavy (non-hydrogen) atoms. The zero-order valence-corrected chi connectivity index (χ0v) is 17.2. The molecule has 3 rings (SSSR count). The molecule has 2 aromatic carbocycles. The third kappa shape index (κ3) is 2.80. The van der Waals surface area contributed by atoms with Crippen LogP contribution in [0.1, 0.15) is 67.0 Å². The van der Waals surface area contributed by atoms with Crippen LogP contribution in [0.4, 0.5) is 0 Å². The molecule has 2 heteroatoms. The SMILES string of the molecule is Cc1cc(C2(c3cc(C)c(O)c(C)c3)CC(C)(C)CC2C)cc(C)c1O. The summed E-state index contributed by atoms with van der Waals surface area (Å²) in [4.78, 5) is 0. The Labute approximate surface area is 157 Å². The van der Waals surface area contributed by atoms with Gasteiger partial charge in [0.1, 0.15) is 11.5 Å². The second-order valence-corrected chi connectivity index (χ2v) is 9.33. The maximum atomic E-state index is 10.3. The molecule has 140 valence electrons. The van der Waals surface area contributed by atoms with Crippen LogP contribution in [0.3, 0.4) is 0 Å². The summed E-state index contributed by atoms with van der Waals surface area (Å²) in [5.41, 5.74) is 6.45. The van der Waals surface area contributed by atoms with Crippen LogP contribution in [0.25, 0.3) is 0 Å². The van der Waals surface area contributed by atoms with Gasteiger partial charge in [0.2, 0.25) is 0 Å². The first-order valence-corrected chi connectivity index (χ1v) is 9.59. The molecule has 0 aliphatic heterocycles. The molecule has 0 amide bonds. The first-order valence-electron chi connectivity index (χ1n) is 9.59. The van der Waals surface area contributed by atoms with E-state index in [1.165, 1.54) is 11.1 Å². The average molecular weight is 353 g/mol. The molecule has 0 saturated heterocycles. The van der Waals surface area contributed by atoms with Gasteiger partial charge in [0, 0.05) is 5.41 Å². The van der Waals surface area contributed by atoms with Crippen molar-refractivity contribution < 1.29 is 10.2 Å². The second kappa shape index (κ2) is 6.04. The third-order valence-electron chi connectivity index (χ3n) is 6.47. The number of phenolic OH excluding ortho intramolecular Hbond substituents is 2. The number of rotatable bonds is 2. The molecule has 1 atom stereocenters. The van der Waals surface area contributed by atoms with Crippen LogP contribution in [0.15, 0.2) is 24.3 Å². The first kappa shape index (κ1) is 18.8. The molecular formula is C24H32O2. The van der Waals surface area contributed by atoms with Crippen molar-refractivity contribution in [3.05, 3.63) is 57.6 Å². The van der Waals surface area contributed by atoms with Crippen LogP contribution in [0, 0.1) is 39.0 Å². The zero-order chi connectivity index (χ0) is 19.4. The standard InChI is InChI=1S/C24H32O2/c1-14-8-19(9-15(2)21(14)25)24(13-23(6,7)12-18(24)5)20-10-16(3)22(26)17(4)11-20/h8-11,18,25-26H,12-13H2,1-7H3. The van der Waals surface area contributed by atoms with Gasteiger partial charge in [0.15, 0.2) is 0 Å². The van der Waals surface area contributed by atoms with Gasteiger partial charge in [-0.25, -0.2) is 0 Å². The van der Waals surface area contributed by atoms with E-state index in [0.29, 0.717) is 17.4 Å². The Morgan fingerprint density at radius 1 is 0.769 bits per heavy atom. The summed E-state index contributed by atoms with van der Waals surface area (Å²) in [5.74, 6) is 1.27. The maximum absolute atomic E-state index is 10.3. The van der Waals surface area contributed by atoms with E-state index >= 15 is 0 Å². The molecule has 0 heterocycles. The number of aromatic hydroxyl groups is 2. The highest BCUT2D eigenvalue weighted by Gasteiger charge is 2.51. The highest BCUT2D eigenvalue weighted by molar-refractivity contribution is 5.53. The lowest BCUT2D eigenvalue weighted by atomic mass is 9.66. The van der Waals surface area contributed by atoms with Gasteiger partial charge in [0.05, 0.1) is 0 Å². The minimum atomic E-state index is -0.101. The fraction of sp³-hybridized carbons (Fsp3) is 0.500. The van der Waals surface area contributed by atoms with Crippen LogP contribution < -0.4 is 0 Å². The van der Waals surface area contributed by atoms with E-state index in [2.05, 4.69) is 45.0 Å². The predicted molar refractivity (Wildman–Crippen MR) is 108 cm³/mol. The van der Waals surface area contributed by atoms with E-state index in [0.717, 1.165) is 35.1 Å². The molecule has 0 radical (unpaired) electrons. The average Bonchev–Trinajstić information content (AvgIpc) is 2.79. The van der Waals surface area contributed by atoms with Crippen LogP contribution in [-0.2, 0) is 5.41 Å². The fourth-order valence-corrected chi connectivity index (χ4v) is 5.37. The minimum absolute atomic E-state index is 0.101. The highest BCUT2D eigenvalue weighted by atomic mass is 16.3. The monoisotopic (exact) mass is 352 g/mol. The topological polar surface area (TPSA) is 40.5 Å². The lowest BCUT2D eigenvalue weighted by Gasteiger charge is -2.37. The maximum Gasteiger partial charge on any atom is 0.121 e. The van der Waals surface area contributed by atoms with Gasteiger partial charge >= 0.3 is 0 Å². The molecule has 0 spiro atoms. The van der Waals surface area contributed by atoms with Crippen molar-refractivity contribution in [3.8, 4) is 11.5 Å². The molecule has 1 unspecified atom stereocenters. The van der Waals surface area contributed by atoms with Gasteiger partial charge in [-0.3, -0.25) is 0 Å². The number of benzene rings is 2. The van der Waals surface area contributed by atoms with Crippen molar-refractivity contribution in [1.82, 2.24) is 0 Å². The van der Waals surface area contributed by atoms with Crippen LogP contribution >= 0.6 is 0 Å². The van der Waals surface area contributed by atoms with E-state index in [4.69, 9.17) is 0 Å². The number of hydrogen-bond donors (Lipinski definition) is 2. The van der Waals surface area contributed by atoms with Crippen LogP contribution in [0.2, 0.25) is 0 Å². The summed E-state index contributed by atoms with van der Waals surface area (Å²) in [6.07, 6.45) is 2.22. The molecule has 1 aliphatic rings. The predicted octanol–water partition coefficient (Wildman–Crippen LogP) is 6.07. The molecule has 2 nitrogen and oxygen atoms in total. The van der Waals surface area contributed by atoms with Gasteiger partial charge in [-0.15, -0.1) is 0 Å². The van der Waals surface area contributed by atoms with E-state index in [9.17, 15) is 10.2 Å². The van der Waals surface area contributed by atoms with E-state index in [-0.39, 0.29) is 10.8 Å². The first-order chi connectivity index (χ1) is 12.0. The Bertz CT molecular complexity index is 757. The lowest BCUT2D eigenvalue weighted by Crippen LogP contribution is -2.31. The number of aryl methyl sites for hydroxylation is 4. The van der Waals surface area contributed by atoms with Gasteiger partial charge in [-0.05, 0) is 85.3 Å². The van der Waals surface area contributed by atoms with Crippen molar-refractivity contribution in [1.29, 1.82) is 0 Å². The summed E-state index contributed by atoms with van der Waals surface area (Å²) < 4.78 is 0. The molecule has 0 aromatic heterocycles. The largest absolute Gasteiger partial charge is 0.507 e. The summed E-state index contributed by atoms with van der Waals surface area (Å²) >= 11 is 0. The van der Waals surface area contributed by atoms with Gasteiger partial charge in [-0.1, -0.05) is 45.0 Å². The van der Waals surface area contributed by atoms with Crippen molar-refractivity contribution >= 4 is 0 Å². The zero-order valence-electron chi connectivity index (χ0n) is 17.2. The summed E-state index contributed by atoms with van der Waals surface area (Å²) in [7, 11) is 0. The lowest BCUT2D eigenvalue weighted by molar-refractivity contribution is 0.356. The summed E-state index contributed by atoms with van der Waals surface area (Å²) in [6.45, 7) is 15.0. The fourth-order valence-electron chi connectivity index (χ4n) is 5.37. The van der Waals surface area contributed by atoms with Crippen LogP contribution in [0.5, 0.6) is 11.5 Å². The quantitative estimate of drug-likeness (QED) is 0.688. The van der Waals surface area contributed by atoms with Crippen LogP contribution in [-0.4, -0.2) is 10.2 Å². The Morgan fingerprint density at radius 2 is 1.12 bits per heavy atom. The van der Waals surface area contributed by atoms with E-state index in [1.54, 1.807) is 0 Å². The Kier molecular flexibility index (Phi) is 4.37. The molecule has 1 aliphatic carbocycles. The van der Waals surface area contributed by atoms with E-state index < -0.39 is 0 Å². The van der Waals surface area contributed by atoms with Gasteiger partial charge < -0.3 is 10.2 Å². The smallest absolute Gasteiger partial charge is 0.121 e. The second-order valence-electron chi connectivity index (χ2n) is 9.33. The van der Waals surface area contributed by atoms with Crippen molar-refractivity contribution in [2.75, 3.05) is 0 Å². The highest BCUT2D eigenvalue weighted by Crippen LogP contribution is 2.58.